The van der Waals surface area contributed by atoms with Crippen LogP contribution in [0.25, 0.3) is 0 Å². The topological polar surface area (TPSA) is 45.8 Å². The normalized spacial score (nSPS) is 10.8. The molecule has 0 saturated heterocycles. The molecule has 0 aliphatic rings. The number of aliphatic imine (C=N–C) groups is 1. The van der Waals surface area contributed by atoms with Crippen LogP contribution >= 0.6 is 11.3 Å². The standard InChI is InChI=1S/C10H16N3O2S/c1-5-15-10(14)13-8(2)6-16-9(13)11-7-12(3)4/h6-7H,5H2,1-4H3/q+1. The van der Waals surface area contributed by atoms with Gasteiger partial charge in [0.05, 0.1) is 6.61 Å². The number of hydrogen-bond donors (Lipinski definition) is 0. The molecular weight excluding hydrogens is 226 g/mol. The van der Waals surface area contributed by atoms with Gasteiger partial charge >= 0.3 is 11.2 Å². The Morgan fingerprint density at radius 1 is 1.69 bits per heavy atom. The van der Waals surface area contributed by atoms with E-state index in [4.69, 9.17) is 4.74 Å². The minimum Gasteiger partial charge on any atom is -0.431 e. The predicted molar refractivity (Wildman–Crippen MR) is 63.5 cm³/mol. The Bertz CT molecular complexity index is 399. The smallest absolute Gasteiger partial charge is 0.431 e. The predicted octanol–water partition coefficient (Wildman–Crippen LogP) is 1.57. The van der Waals surface area contributed by atoms with Crippen molar-refractivity contribution in [2.24, 2.45) is 4.99 Å². The fraction of sp³-hybridized carbons (Fsp3) is 0.500. The molecule has 0 N–H and O–H groups in total. The first-order valence-electron chi connectivity index (χ1n) is 4.94. The van der Waals surface area contributed by atoms with Gasteiger partial charge in [-0.25, -0.2) is 0 Å². The average Bonchev–Trinajstić information content (AvgIpc) is 2.57. The van der Waals surface area contributed by atoms with Crippen LogP contribution in [0.5, 0.6) is 0 Å². The zero-order valence-electron chi connectivity index (χ0n) is 9.93. The number of rotatable bonds is 3. The highest BCUT2D eigenvalue weighted by Crippen LogP contribution is 2.15. The van der Waals surface area contributed by atoms with Gasteiger partial charge in [0, 0.05) is 19.5 Å². The van der Waals surface area contributed by atoms with Crippen LogP contribution in [0.3, 0.4) is 0 Å². The molecule has 16 heavy (non-hydrogen) atoms. The number of ether oxygens (including phenoxy) is 1. The van der Waals surface area contributed by atoms with E-state index in [1.54, 1.807) is 13.3 Å². The lowest BCUT2D eigenvalue weighted by molar-refractivity contribution is -0.574. The molecule has 88 valence electrons. The molecule has 0 atom stereocenters. The highest BCUT2D eigenvalue weighted by Gasteiger charge is 2.23. The zero-order chi connectivity index (χ0) is 12.1. The van der Waals surface area contributed by atoms with E-state index in [1.807, 2.05) is 31.3 Å². The van der Waals surface area contributed by atoms with Crippen molar-refractivity contribution in [2.45, 2.75) is 13.8 Å². The maximum atomic E-state index is 11.7. The van der Waals surface area contributed by atoms with E-state index in [0.717, 1.165) is 5.69 Å². The summed E-state index contributed by atoms with van der Waals surface area (Å²) in [6.07, 6.45) is 1.27. The van der Waals surface area contributed by atoms with Crippen molar-refractivity contribution in [3.63, 3.8) is 0 Å². The van der Waals surface area contributed by atoms with Gasteiger partial charge in [-0.1, -0.05) is 11.3 Å². The highest BCUT2D eigenvalue weighted by atomic mass is 32.1. The van der Waals surface area contributed by atoms with Crippen molar-refractivity contribution in [1.82, 2.24) is 4.90 Å². The molecule has 0 fully saturated rings. The second-order valence-electron chi connectivity index (χ2n) is 3.40. The first kappa shape index (κ1) is 12.6. The summed E-state index contributed by atoms with van der Waals surface area (Å²) in [7, 11) is 3.75. The molecule has 0 aliphatic heterocycles. The van der Waals surface area contributed by atoms with E-state index in [1.165, 1.54) is 15.9 Å². The van der Waals surface area contributed by atoms with Crippen LogP contribution in [0.4, 0.5) is 9.93 Å². The molecule has 0 aromatic carbocycles. The fourth-order valence-electron chi connectivity index (χ4n) is 1.06. The van der Waals surface area contributed by atoms with Gasteiger partial charge in [0.15, 0.2) is 0 Å². The molecule has 0 bridgehead atoms. The van der Waals surface area contributed by atoms with E-state index in [0.29, 0.717) is 11.7 Å². The third kappa shape index (κ3) is 3.03. The fourth-order valence-corrected chi connectivity index (χ4v) is 1.87. The molecule has 0 unspecified atom stereocenters. The van der Waals surface area contributed by atoms with Crippen LogP contribution < -0.4 is 4.57 Å². The lowest BCUT2D eigenvalue weighted by Gasteiger charge is -1.99. The van der Waals surface area contributed by atoms with Crippen LogP contribution in [-0.4, -0.2) is 38.0 Å². The number of thiazole rings is 1. The van der Waals surface area contributed by atoms with Crippen molar-refractivity contribution >= 4 is 28.9 Å². The molecular formula is C10H16N3O2S+. The van der Waals surface area contributed by atoms with E-state index < -0.39 is 0 Å². The number of aromatic nitrogens is 1. The van der Waals surface area contributed by atoms with E-state index in [-0.39, 0.29) is 6.09 Å². The van der Waals surface area contributed by atoms with Crippen molar-refractivity contribution in [2.75, 3.05) is 20.7 Å². The van der Waals surface area contributed by atoms with Crippen LogP contribution in [0.15, 0.2) is 10.4 Å². The third-order valence-corrected chi connectivity index (χ3v) is 2.69. The molecule has 0 amide bonds. The van der Waals surface area contributed by atoms with Gasteiger partial charge < -0.3 is 9.64 Å². The maximum Gasteiger partial charge on any atom is 0.513 e. The van der Waals surface area contributed by atoms with Crippen molar-refractivity contribution in [3.05, 3.63) is 11.1 Å². The van der Waals surface area contributed by atoms with E-state index in [9.17, 15) is 4.79 Å². The molecule has 0 radical (unpaired) electrons. The first-order chi connectivity index (χ1) is 7.56. The largest absolute Gasteiger partial charge is 0.513 e. The van der Waals surface area contributed by atoms with Crippen molar-refractivity contribution in [3.8, 4) is 0 Å². The van der Waals surface area contributed by atoms with Gasteiger partial charge in [-0.2, -0.15) is 4.79 Å². The van der Waals surface area contributed by atoms with Gasteiger partial charge in [0.2, 0.25) is 6.34 Å². The quantitative estimate of drug-likeness (QED) is 0.459. The minimum absolute atomic E-state index is 0.359. The molecule has 1 aromatic rings. The molecule has 6 heteroatoms. The number of nitrogens with zero attached hydrogens (tertiary/aromatic N) is 3. The lowest BCUT2D eigenvalue weighted by Crippen LogP contribution is -2.44. The molecule has 0 aliphatic carbocycles. The summed E-state index contributed by atoms with van der Waals surface area (Å²) in [6.45, 7) is 3.99. The Morgan fingerprint density at radius 3 is 2.94 bits per heavy atom. The summed E-state index contributed by atoms with van der Waals surface area (Å²) >= 11 is 1.41. The molecule has 1 aromatic heterocycles. The number of carbonyl (C=O) groups is 1. The molecule has 0 spiro atoms. The molecule has 1 heterocycles. The SMILES string of the molecule is CCOC(=O)[n+]1c(C)csc1N=CN(C)C. The summed E-state index contributed by atoms with van der Waals surface area (Å²) in [4.78, 5) is 17.7. The van der Waals surface area contributed by atoms with Crippen LogP contribution in [0.1, 0.15) is 12.6 Å². The summed E-state index contributed by atoms with van der Waals surface area (Å²) < 4.78 is 6.42. The number of aryl methyl sites for hydroxylation is 1. The molecule has 5 nitrogen and oxygen atoms in total. The zero-order valence-corrected chi connectivity index (χ0v) is 10.7. The first-order valence-corrected chi connectivity index (χ1v) is 5.82. The monoisotopic (exact) mass is 242 g/mol. The highest BCUT2D eigenvalue weighted by molar-refractivity contribution is 7.13. The van der Waals surface area contributed by atoms with Gasteiger partial charge in [-0.05, 0) is 18.8 Å². The number of carbonyl (C=O) groups excluding carboxylic acids is 1. The Labute approximate surface area is 99.0 Å². The third-order valence-electron chi connectivity index (χ3n) is 1.73. The summed E-state index contributed by atoms with van der Waals surface area (Å²) in [5.41, 5.74) is 0.828. The van der Waals surface area contributed by atoms with Crippen molar-refractivity contribution in [1.29, 1.82) is 0 Å². The summed E-state index contributed by atoms with van der Waals surface area (Å²) in [5.74, 6) is 0. The van der Waals surface area contributed by atoms with Crippen LogP contribution in [0, 0.1) is 6.92 Å². The summed E-state index contributed by atoms with van der Waals surface area (Å²) in [6, 6.07) is 0. The minimum atomic E-state index is -0.382. The van der Waals surface area contributed by atoms with Crippen LogP contribution in [-0.2, 0) is 4.74 Å². The Kier molecular flexibility index (Phi) is 4.42. The van der Waals surface area contributed by atoms with Gasteiger partial charge in [0.1, 0.15) is 5.69 Å². The van der Waals surface area contributed by atoms with Crippen molar-refractivity contribution < 1.29 is 14.1 Å². The summed E-state index contributed by atoms with van der Waals surface area (Å²) in [5, 5.41) is 2.49. The average molecular weight is 242 g/mol. The van der Waals surface area contributed by atoms with Gasteiger partial charge in [-0.3, -0.25) is 0 Å². The van der Waals surface area contributed by atoms with E-state index >= 15 is 0 Å². The maximum absolute atomic E-state index is 11.7. The molecule has 1 rings (SSSR count). The lowest BCUT2D eigenvalue weighted by atomic mass is 10.5. The van der Waals surface area contributed by atoms with E-state index in [2.05, 4.69) is 4.99 Å². The van der Waals surface area contributed by atoms with Gasteiger partial charge in [0.25, 0.3) is 0 Å². The Morgan fingerprint density at radius 2 is 2.38 bits per heavy atom. The number of hydrogen-bond acceptors (Lipinski definition) is 4. The molecule has 0 saturated carbocycles. The van der Waals surface area contributed by atoms with Crippen LogP contribution in [0.2, 0.25) is 0 Å². The second-order valence-corrected chi connectivity index (χ2v) is 4.24. The second kappa shape index (κ2) is 5.60. The van der Waals surface area contributed by atoms with Gasteiger partial charge in [-0.15, -0.1) is 4.57 Å². The Balaban J connectivity index is 2.98. The Hall–Kier alpha value is -1.43.